The van der Waals surface area contributed by atoms with Gasteiger partial charge >= 0.3 is 0 Å². The van der Waals surface area contributed by atoms with Crippen molar-refractivity contribution in [2.24, 2.45) is 10.7 Å². The number of guanidine groups is 1. The molecule has 3 rings (SSSR count). The van der Waals surface area contributed by atoms with Gasteiger partial charge in [0.15, 0.2) is 12.6 Å². The standard InChI is InChI=1S/C21H31N5O4.HI/c1-2-23-21(24-14-16-5-3-6-17(13-16)30-15-19(22)27)26-10-8-25(9-11-26)20(28)18-7-4-12-29-18;/h3,5-6,13,18H,2,4,7-12,14-15H2,1H3,(H2,22,27)(H,23,24);1H. The van der Waals surface area contributed by atoms with Crippen molar-refractivity contribution < 1.29 is 19.1 Å². The molecule has 1 aromatic carbocycles. The highest BCUT2D eigenvalue weighted by Crippen LogP contribution is 2.17. The molecule has 2 fully saturated rings. The van der Waals surface area contributed by atoms with Crippen molar-refractivity contribution in [1.82, 2.24) is 15.1 Å². The second-order valence-corrected chi connectivity index (χ2v) is 7.39. The molecule has 0 saturated carbocycles. The Hall–Kier alpha value is -2.08. The number of primary amides is 1. The topological polar surface area (TPSA) is 109 Å². The Kier molecular flexibility index (Phi) is 10.3. The summed E-state index contributed by atoms with van der Waals surface area (Å²) in [5.41, 5.74) is 6.10. The van der Waals surface area contributed by atoms with E-state index in [-0.39, 0.29) is 42.6 Å². The summed E-state index contributed by atoms with van der Waals surface area (Å²) in [6.45, 7) is 6.59. The third-order valence-electron chi connectivity index (χ3n) is 5.12. The minimum Gasteiger partial charge on any atom is -0.484 e. The van der Waals surface area contributed by atoms with E-state index in [4.69, 9.17) is 20.2 Å². The molecular formula is C21H32IN5O4. The fourth-order valence-corrected chi connectivity index (χ4v) is 3.59. The van der Waals surface area contributed by atoms with Gasteiger partial charge in [-0.25, -0.2) is 4.99 Å². The zero-order chi connectivity index (χ0) is 21.3. The smallest absolute Gasteiger partial charge is 0.255 e. The first kappa shape index (κ1) is 25.2. The van der Waals surface area contributed by atoms with Crippen LogP contribution in [0.4, 0.5) is 0 Å². The van der Waals surface area contributed by atoms with Crippen LogP contribution in [-0.2, 0) is 20.9 Å². The molecule has 0 radical (unpaired) electrons. The number of halogens is 1. The van der Waals surface area contributed by atoms with Gasteiger partial charge in [-0.1, -0.05) is 12.1 Å². The number of carbonyl (C=O) groups excluding carboxylic acids is 2. The summed E-state index contributed by atoms with van der Waals surface area (Å²) < 4.78 is 10.9. The second-order valence-electron chi connectivity index (χ2n) is 7.39. The maximum absolute atomic E-state index is 12.5. The summed E-state index contributed by atoms with van der Waals surface area (Å²) in [6.07, 6.45) is 1.52. The Morgan fingerprint density at radius 2 is 2.00 bits per heavy atom. The van der Waals surface area contributed by atoms with Gasteiger partial charge in [-0.2, -0.15) is 0 Å². The van der Waals surface area contributed by atoms with Crippen LogP contribution in [-0.4, -0.2) is 79.6 Å². The molecule has 31 heavy (non-hydrogen) atoms. The van der Waals surface area contributed by atoms with E-state index in [9.17, 15) is 9.59 Å². The Balaban J connectivity index is 0.00000341. The van der Waals surface area contributed by atoms with Crippen LogP contribution in [0.3, 0.4) is 0 Å². The van der Waals surface area contributed by atoms with E-state index >= 15 is 0 Å². The summed E-state index contributed by atoms with van der Waals surface area (Å²) in [5, 5.41) is 3.33. The van der Waals surface area contributed by atoms with Crippen LogP contribution in [0.15, 0.2) is 29.3 Å². The first-order valence-electron chi connectivity index (χ1n) is 10.5. The maximum Gasteiger partial charge on any atom is 0.255 e. The van der Waals surface area contributed by atoms with Crippen LogP contribution < -0.4 is 15.8 Å². The lowest BCUT2D eigenvalue weighted by atomic mass is 10.2. The van der Waals surface area contributed by atoms with Crippen molar-refractivity contribution in [3.8, 4) is 5.75 Å². The highest BCUT2D eigenvalue weighted by molar-refractivity contribution is 14.0. The van der Waals surface area contributed by atoms with E-state index in [1.807, 2.05) is 30.0 Å². The normalized spacial score (nSPS) is 19.0. The lowest BCUT2D eigenvalue weighted by Gasteiger charge is -2.37. The molecule has 2 heterocycles. The summed E-state index contributed by atoms with van der Waals surface area (Å²) in [5.74, 6) is 1.02. The van der Waals surface area contributed by atoms with Crippen molar-refractivity contribution >= 4 is 41.8 Å². The summed E-state index contributed by atoms with van der Waals surface area (Å²) >= 11 is 0. The third kappa shape index (κ3) is 7.53. The molecule has 9 nitrogen and oxygen atoms in total. The van der Waals surface area contributed by atoms with Crippen LogP contribution in [0.5, 0.6) is 5.75 Å². The van der Waals surface area contributed by atoms with Crippen molar-refractivity contribution in [2.75, 3.05) is 45.9 Å². The third-order valence-corrected chi connectivity index (χ3v) is 5.12. The summed E-state index contributed by atoms with van der Waals surface area (Å²) in [6, 6.07) is 7.46. The Morgan fingerprint density at radius 1 is 1.26 bits per heavy atom. The van der Waals surface area contributed by atoms with Crippen LogP contribution in [0.1, 0.15) is 25.3 Å². The monoisotopic (exact) mass is 545 g/mol. The fraction of sp³-hybridized carbons (Fsp3) is 0.571. The Labute approximate surface area is 200 Å². The number of aliphatic imine (C=N–C) groups is 1. The first-order valence-corrected chi connectivity index (χ1v) is 10.5. The highest BCUT2D eigenvalue weighted by Gasteiger charge is 2.30. The molecule has 10 heteroatoms. The number of nitrogens with two attached hydrogens (primary N) is 1. The van der Waals surface area contributed by atoms with Crippen LogP contribution in [0, 0.1) is 0 Å². The van der Waals surface area contributed by atoms with Crippen LogP contribution in [0.25, 0.3) is 0 Å². The van der Waals surface area contributed by atoms with E-state index in [1.54, 1.807) is 6.07 Å². The quantitative estimate of drug-likeness (QED) is 0.300. The molecule has 0 bridgehead atoms. The van der Waals surface area contributed by atoms with E-state index in [2.05, 4.69) is 10.2 Å². The number of rotatable bonds is 7. The predicted octanol–water partition coefficient (Wildman–Crippen LogP) is 0.957. The number of amides is 2. The van der Waals surface area contributed by atoms with E-state index < -0.39 is 5.91 Å². The zero-order valence-electron chi connectivity index (χ0n) is 17.9. The summed E-state index contributed by atoms with van der Waals surface area (Å²) in [7, 11) is 0. The molecule has 0 spiro atoms. The predicted molar refractivity (Wildman–Crippen MR) is 128 cm³/mol. The molecule has 1 atom stereocenters. The number of piperazine rings is 1. The first-order chi connectivity index (χ1) is 14.6. The van der Waals surface area contributed by atoms with Crippen LogP contribution in [0.2, 0.25) is 0 Å². The SMILES string of the molecule is CCNC(=NCc1cccc(OCC(N)=O)c1)N1CCN(C(=O)C2CCCO2)CC1.I. The maximum atomic E-state index is 12.5. The number of hydrogen-bond donors (Lipinski definition) is 2. The van der Waals surface area contributed by atoms with Gasteiger partial charge in [-0.3, -0.25) is 9.59 Å². The molecule has 0 aromatic heterocycles. The largest absolute Gasteiger partial charge is 0.484 e. The van der Waals surface area contributed by atoms with Gasteiger partial charge in [-0.05, 0) is 37.5 Å². The molecule has 2 aliphatic heterocycles. The molecular weight excluding hydrogens is 513 g/mol. The van der Waals surface area contributed by atoms with Crippen molar-refractivity contribution in [3.63, 3.8) is 0 Å². The fourth-order valence-electron chi connectivity index (χ4n) is 3.59. The van der Waals surface area contributed by atoms with Gasteiger partial charge in [0, 0.05) is 39.3 Å². The molecule has 0 aliphatic carbocycles. The Morgan fingerprint density at radius 3 is 2.65 bits per heavy atom. The van der Waals surface area contributed by atoms with Gasteiger partial charge in [0.05, 0.1) is 6.54 Å². The molecule has 2 aliphatic rings. The average Bonchev–Trinajstić information content (AvgIpc) is 3.30. The van der Waals surface area contributed by atoms with Gasteiger partial charge < -0.3 is 30.3 Å². The van der Waals surface area contributed by atoms with E-state index in [0.29, 0.717) is 32.0 Å². The van der Waals surface area contributed by atoms with Gasteiger partial charge in [0.25, 0.3) is 11.8 Å². The molecule has 172 valence electrons. The number of ether oxygens (including phenoxy) is 2. The minimum absolute atomic E-state index is 0. The lowest BCUT2D eigenvalue weighted by molar-refractivity contribution is -0.142. The second kappa shape index (κ2) is 12.7. The van der Waals surface area contributed by atoms with Crippen molar-refractivity contribution in [2.45, 2.75) is 32.4 Å². The lowest BCUT2D eigenvalue weighted by Crippen LogP contribution is -2.55. The minimum atomic E-state index is -0.509. The Bertz CT molecular complexity index is 762. The van der Waals surface area contributed by atoms with E-state index in [1.165, 1.54) is 0 Å². The molecule has 1 aromatic rings. The van der Waals surface area contributed by atoms with Crippen molar-refractivity contribution in [3.05, 3.63) is 29.8 Å². The van der Waals surface area contributed by atoms with Crippen LogP contribution >= 0.6 is 24.0 Å². The van der Waals surface area contributed by atoms with Gasteiger partial charge in [0.2, 0.25) is 0 Å². The number of nitrogens with one attached hydrogen (secondary N) is 1. The molecule has 2 amide bonds. The van der Waals surface area contributed by atoms with Gasteiger partial charge in [-0.15, -0.1) is 24.0 Å². The highest BCUT2D eigenvalue weighted by atomic mass is 127. The molecule has 3 N–H and O–H groups in total. The number of benzene rings is 1. The average molecular weight is 545 g/mol. The number of carbonyl (C=O) groups is 2. The number of nitrogens with zero attached hydrogens (tertiary/aromatic N) is 3. The zero-order valence-corrected chi connectivity index (χ0v) is 20.2. The van der Waals surface area contributed by atoms with Gasteiger partial charge in [0.1, 0.15) is 11.9 Å². The summed E-state index contributed by atoms with van der Waals surface area (Å²) in [4.78, 5) is 32.2. The number of hydrogen-bond acceptors (Lipinski definition) is 5. The van der Waals surface area contributed by atoms with E-state index in [0.717, 1.165) is 44.0 Å². The van der Waals surface area contributed by atoms with Crippen molar-refractivity contribution in [1.29, 1.82) is 0 Å². The molecule has 2 saturated heterocycles. The molecule has 1 unspecified atom stereocenters.